The van der Waals surface area contributed by atoms with E-state index in [-0.39, 0.29) is 5.56 Å². The number of piperidine rings is 1. The molecule has 3 aliphatic rings. The lowest BCUT2D eigenvalue weighted by atomic mass is 9.58. The highest BCUT2D eigenvalue weighted by Gasteiger charge is 2.46. The number of carboxylic acids is 1. The van der Waals surface area contributed by atoms with Crippen molar-refractivity contribution < 1.29 is 23.6 Å². The normalized spacial score (nSPS) is 18.8. The number of aromatic carboxylic acids is 1. The molecule has 9 heteroatoms. The van der Waals surface area contributed by atoms with Gasteiger partial charge in [0.15, 0.2) is 0 Å². The first-order valence-corrected chi connectivity index (χ1v) is 14.8. The van der Waals surface area contributed by atoms with Crippen LogP contribution in [0, 0.1) is 17.2 Å². The summed E-state index contributed by atoms with van der Waals surface area (Å²) in [5, 5.41) is 14.8. The smallest absolute Gasteiger partial charge is 0.337 e. The van der Waals surface area contributed by atoms with Crippen LogP contribution in [0.15, 0.2) is 47.1 Å². The number of aromatic nitrogens is 2. The van der Waals surface area contributed by atoms with Gasteiger partial charge in [-0.3, -0.25) is 0 Å². The zero-order chi connectivity index (χ0) is 28.3. The monoisotopic (exact) mass is 577 g/mol. The summed E-state index contributed by atoms with van der Waals surface area (Å²) in [5.74, 6) is 0.353. The molecular formula is C32H33ClFN3O4. The maximum atomic E-state index is 14.7. The standard InChI is InChI=1S/C32H33ClFN3O4/c1-36-16-23(31(38)39)22-8-7-21(13-27(22)36)37-11-9-32(10-12-37)14-19(15-32)17-40-18-24-29(35-41-30(24)20-5-6-20)28-25(33)3-2-4-26(28)34/h2-4,7-8,13,16,19-20H,5-6,9-12,14-15,17-18H2,1H3,(H,38,39). The van der Waals surface area contributed by atoms with E-state index in [1.165, 1.54) is 6.07 Å². The zero-order valence-corrected chi connectivity index (χ0v) is 23.8. The van der Waals surface area contributed by atoms with Gasteiger partial charge in [-0.1, -0.05) is 22.8 Å². The molecule has 1 saturated heterocycles. The lowest BCUT2D eigenvalue weighted by molar-refractivity contribution is -0.0315. The van der Waals surface area contributed by atoms with Gasteiger partial charge in [0, 0.05) is 55.5 Å². The molecule has 4 aromatic rings. The van der Waals surface area contributed by atoms with Gasteiger partial charge >= 0.3 is 5.97 Å². The molecule has 0 atom stereocenters. The van der Waals surface area contributed by atoms with Crippen LogP contribution < -0.4 is 4.90 Å². The summed E-state index contributed by atoms with van der Waals surface area (Å²) in [5.41, 5.74) is 4.38. The molecular weight excluding hydrogens is 545 g/mol. The first-order valence-electron chi connectivity index (χ1n) is 14.4. The average molecular weight is 578 g/mol. The van der Waals surface area contributed by atoms with Crippen molar-refractivity contribution in [3.05, 3.63) is 70.3 Å². The Kier molecular flexibility index (Phi) is 6.58. The number of fused-ring (bicyclic) bond motifs is 1. The summed E-state index contributed by atoms with van der Waals surface area (Å²) in [6.07, 6.45) is 8.39. The maximum absolute atomic E-state index is 14.7. The molecule has 3 fully saturated rings. The number of hydrogen-bond acceptors (Lipinski definition) is 5. The van der Waals surface area contributed by atoms with E-state index in [0.717, 1.165) is 79.5 Å². The highest BCUT2D eigenvalue weighted by molar-refractivity contribution is 6.33. The number of nitrogens with zero attached hydrogens (tertiary/aromatic N) is 3. The SMILES string of the molecule is Cn1cc(C(=O)O)c2ccc(N3CCC4(CC3)CC(COCc3c(-c5c(F)cccc5Cl)noc3C3CC3)C4)cc21. The number of hydrogen-bond donors (Lipinski definition) is 1. The van der Waals surface area contributed by atoms with Gasteiger partial charge in [-0.2, -0.15) is 0 Å². The molecule has 2 aromatic carbocycles. The van der Waals surface area contributed by atoms with Crippen molar-refractivity contribution in [2.45, 2.75) is 51.0 Å². The second kappa shape index (κ2) is 10.2. The molecule has 214 valence electrons. The van der Waals surface area contributed by atoms with Crippen LogP contribution in [0.5, 0.6) is 0 Å². The van der Waals surface area contributed by atoms with E-state index in [2.05, 4.69) is 16.1 Å². The Hall–Kier alpha value is -3.36. The Labute approximate surface area is 242 Å². The van der Waals surface area contributed by atoms with Gasteiger partial charge in [0.25, 0.3) is 0 Å². The number of anilines is 1. The Morgan fingerprint density at radius 3 is 2.71 bits per heavy atom. The van der Waals surface area contributed by atoms with Crippen LogP contribution in [0.2, 0.25) is 5.02 Å². The fraction of sp³-hybridized carbons (Fsp3) is 0.438. The lowest BCUT2D eigenvalue weighted by Gasteiger charge is -2.52. The predicted octanol–water partition coefficient (Wildman–Crippen LogP) is 7.41. The predicted molar refractivity (Wildman–Crippen MR) is 155 cm³/mol. The number of aryl methyl sites for hydroxylation is 1. The van der Waals surface area contributed by atoms with E-state index < -0.39 is 11.8 Å². The largest absolute Gasteiger partial charge is 0.478 e. The van der Waals surface area contributed by atoms with E-state index in [0.29, 0.717) is 46.7 Å². The first kappa shape index (κ1) is 26.5. The van der Waals surface area contributed by atoms with E-state index in [4.69, 9.17) is 20.9 Å². The molecule has 2 aromatic heterocycles. The second-order valence-electron chi connectivity index (χ2n) is 12.2. The number of ether oxygens (including phenoxy) is 1. The Balaban J connectivity index is 0.953. The van der Waals surface area contributed by atoms with Crippen molar-refractivity contribution in [1.29, 1.82) is 0 Å². The number of rotatable bonds is 8. The van der Waals surface area contributed by atoms with E-state index in [1.807, 2.05) is 23.7 Å². The van der Waals surface area contributed by atoms with Gasteiger partial charge in [-0.25, -0.2) is 9.18 Å². The summed E-state index contributed by atoms with van der Waals surface area (Å²) in [4.78, 5) is 14.0. The van der Waals surface area contributed by atoms with Gasteiger partial charge < -0.3 is 23.8 Å². The molecule has 1 N–H and O–H groups in total. The van der Waals surface area contributed by atoms with Gasteiger partial charge in [-0.15, -0.1) is 0 Å². The van der Waals surface area contributed by atoms with Crippen molar-refractivity contribution in [2.75, 3.05) is 24.6 Å². The molecule has 0 amide bonds. The van der Waals surface area contributed by atoms with Gasteiger partial charge in [0.1, 0.15) is 17.3 Å². The van der Waals surface area contributed by atoms with Crippen LogP contribution in [0.25, 0.3) is 22.2 Å². The minimum Gasteiger partial charge on any atom is -0.478 e. The molecule has 0 radical (unpaired) electrons. The maximum Gasteiger partial charge on any atom is 0.337 e. The van der Waals surface area contributed by atoms with E-state index in [1.54, 1.807) is 18.3 Å². The average Bonchev–Trinajstić information content (AvgIpc) is 3.62. The zero-order valence-electron chi connectivity index (χ0n) is 23.0. The van der Waals surface area contributed by atoms with E-state index in [9.17, 15) is 14.3 Å². The fourth-order valence-corrected chi connectivity index (χ4v) is 7.30. The molecule has 41 heavy (non-hydrogen) atoms. The summed E-state index contributed by atoms with van der Waals surface area (Å²) in [6.45, 7) is 3.00. The van der Waals surface area contributed by atoms with Crippen LogP contribution in [0.1, 0.15) is 66.1 Å². The topological polar surface area (TPSA) is 80.7 Å². The van der Waals surface area contributed by atoms with Crippen LogP contribution in [-0.4, -0.2) is 40.5 Å². The van der Waals surface area contributed by atoms with Crippen LogP contribution in [0.3, 0.4) is 0 Å². The number of benzene rings is 2. The van der Waals surface area contributed by atoms with Crippen LogP contribution in [0.4, 0.5) is 10.1 Å². The van der Waals surface area contributed by atoms with Crippen molar-refractivity contribution in [1.82, 2.24) is 9.72 Å². The quantitative estimate of drug-likeness (QED) is 0.235. The molecule has 1 spiro atoms. The van der Waals surface area contributed by atoms with E-state index >= 15 is 0 Å². The van der Waals surface area contributed by atoms with Crippen molar-refractivity contribution in [2.24, 2.45) is 18.4 Å². The second-order valence-corrected chi connectivity index (χ2v) is 12.6. The Morgan fingerprint density at radius 2 is 2.00 bits per heavy atom. The molecule has 3 heterocycles. The highest BCUT2D eigenvalue weighted by atomic mass is 35.5. The molecule has 2 aliphatic carbocycles. The minimum atomic E-state index is -0.897. The minimum absolute atomic E-state index is 0.284. The molecule has 7 nitrogen and oxygen atoms in total. The van der Waals surface area contributed by atoms with Crippen molar-refractivity contribution in [3.63, 3.8) is 0 Å². The Bertz CT molecular complexity index is 1610. The first-order chi connectivity index (χ1) is 19.8. The summed E-state index contributed by atoms with van der Waals surface area (Å²) >= 11 is 6.34. The molecule has 2 saturated carbocycles. The van der Waals surface area contributed by atoms with Crippen molar-refractivity contribution >= 4 is 34.2 Å². The van der Waals surface area contributed by atoms with Gasteiger partial charge in [0.05, 0.1) is 28.3 Å². The number of halogens is 2. The third-order valence-electron chi connectivity index (χ3n) is 9.40. The summed E-state index contributed by atoms with van der Waals surface area (Å²) in [7, 11) is 1.89. The molecule has 0 unspecified atom stereocenters. The van der Waals surface area contributed by atoms with Gasteiger partial charge in [0.2, 0.25) is 0 Å². The third-order valence-corrected chi connectivity index (χ3v) is 9.72. The fourth-order valence-electron chi connectivity index (χ4n) is 7.05. The Morgan fingerprint density at radius 1 is 1.22 bits per heavy atom. The number of carbonyl (C=O) groups is 1. The number of carboxylic acid groups (broad SMARTS) is 1. The van der Waals surface area contributed by atoms with Crippen LogP contribution in [-0.2, 0) is 18.4 Å². The molecule has 7 rings (SSSR count). The van der Waals surface area contributed by atoms with Crippen molar-refractivity contribution in [3.8, 4) is 11.3 Å². The summed E-state index contributed by atoms with van der Waals surface area (Å²) in [6, 6.07) is 10.8. The highest BCUT2D eigenvalue weighted by Crippen LogP contribution is 2.53. The van der Waals surface area contributed by atoms with Crippen LogP contribution >= 0.6 is 11.6 Å². The van der Waals surface area contributed by atoms with Gasteiger partial charge in [-0.05, 0) is 80.2 Å². The third kappa shape index (κ3) is 4.81. The molecule has 1 aliphatic heterocycles. The molecule has 0 bridgehead atoms. The lowest BCUT2D eigenvalue weighted by Crippen LogP contribution is -2.48. The summed E-state index contributed by atoms with van der Waals surface area (Å²) < 4.78 is 28.5.